The van der Waals surface area contributed by atoms with E-state index in [-0.39, 0.29) is 5.41 Å². The van der Waals surface area contributed by atoms with Gasteiger partial charge in [-0.25, -0.2) is 0 Å². The summed E-state index contributed by atoms with van der Waals surface area (Å²) in [7, 11) is 0. The molecule has 0 aromatic carbocycles. The Balaban J connectivity index is 1.77. The highest BCUT2D eigenvalue weighted by Crippen LogP contribution is 2.27. The van der Waals surface area contributed by atoms with Crippen LogP contribution in [0, 0.1) is 5.41 Å². The predicted molar refractivity (Wildman–Crippen MR) is 77.9 cm³/mol. The van der Waals surface area contributed by atoms with E-state index >= 15 is 0 Å². The Morgan fingerprint density at radius 1 is 1.26 bits per heavy atom. The second-order valence-electron chi connectivity index (χ2n) is 6.87. The van der Waals surface area contributed by atoms with Gasteiger partial charge in [-0.2, -0.15) is 0 Å². The number of piperazine rings is 1. The molecule has 2 N–H and O–H groups in total. The molecule has 2 aliphatic heterocycles. The van der Waals surface area contributed by atoms with E-state index in [1.165, 1.54) is 19.4 Å². The maximum Gasteiger partial charge on any atom is 0.222 e. The topological polar surface area (TPSA) is 49.6 Å². The monoisotopic (exact) mass is 267 g/mol. The normalized spacial score (nSPS) is 24.6. The van der Waals surface area contributed by atoms with Gasteiger partial charge in [0.15, 0.2) is 0 Å². The van der Waals surface area contributed by atoms with Crippen molar-refractivity contribution in [3.8, 4) is 0 Å². The molecule has 4 heteroatoms. The molecule has 0 bridgehead atoms. The van der Waals surface area contributed by atoms with Crippen molar-refractivity contribution in [3.63, 3.8) is 0 Å². The third-order valence-electron chi connectivity index (χ3n) is 4.78. The molecule has 1 amide bonds. The van der Waals surface area contributed by atoms with Crippen molar-refractivity contribution in [1.29, 1.82) is 0 Å². The molecule has 2 saturated heterocycles. The number of carbonyl (C=O) groups is 1. The molecule has 2 fully saturated rings. The molecule has 4 nitrogen and oxygen atoms in total. The first-order chi connectivity index (χ1) is 9.02. The first-order valence-corrected chi connectivity index (χ1v) is 7.74. The number of carbonyl (C=O) groups excluding carboxylic acids is 1. The second kappa shape index (κ2) is 6.23. The van der Waals surface area contributed by atoms with Gasteiger partial charge in [-0.1, -0.05) is 13.8 Å². The summed E-state index contributed by atoms with van der Waals surface area (Å²) < 4.78 is 0. The molecule has 0 aromatic heterocycles. The van der Waals surface area contributed by atoms with Gasteiger partial charge in [-0.3, -0.25) is 9.69 Å². The molecule has 0 aliphatic carbocycles. The third-order valence-corrected chi connectivity index (χ3v) is 4.78. The summed E-state index contributed by atoms with van der Waals surface area (Å²) in [5, 5.41) is 0. The summed E-state index contributed by atoms with van der Waals surface area (Å²) in [6.45, 7) is 9.31. The van der Waals surface area contributed by atoms with Crippen LogP contribution in [0.1, 0.15) is 46.0 Å². The van der Waals surface area contributed by atoms with Crippen LogP contribution in [0.4, 0.5) is 0 Å². The Bertz CT molecular complexity index is 317. The summed E-state index contributed by atoms with van der Waals surface area (Å²) in [5.74, 6) is 0.344. The van der Waals surface area contributed by atoms with E-state index in [2.05, 4.69) is 23.6 Å². The van der Waals surface area contributed by atoms with Gasteiger partial charge in [0.2, 0.25) is 5.91 Å². The Labute approximate surface area is 117 Å². The minimum atomic E-state index is 0.194. The van der Waals surface area contributed by atoms with Crippen molar-refractivity contribution in [2.24, 2.45) is 11.1 Å². The lowest BCUT2D eigenvalue weighted by molar-refractivity contribution is -0.134. The van der Waals surface area contributed by atoms with Gasteiger partial charge in [-0.05, 0) is 44.2 Å². The van der Waals surface area contributed by atoms with Crippen molar-refractivity contribution in [2.45, 2.75) is 52.0 Å². The van der Waals surface area contributed by atoms with Crippen molar-refractivity contribution in [2.75, 3.05) is 32.7 Å². The molecule has 110 valence electrons. The molecule has 0 spiro atoms. The van der Waals surface area contributed by atoms with E-state index in [1.807, 2.05) is 0 Å². The van der Waals surface area contributed by atoms with Crippen LogP contribution in [0.5, 0.6) is 0 Å². The average Bonchev–Trinajstić information content (AvgIpc) is 2.83. The maximum atomic E-state index is 12.3. The van der Waals surface area contributed by atoms with Gasteiger partial charge in [-0.15, -0.1) is 0 Å². The number of hydrogen-bond acceptors (Lipinski definition) is 3. The van der Waals surface area contributed by atoms with Crippen LogP contribution in [0.25, 0.3) is 0 Å². The molecular formula is C15H29N3O. The van der Waals surface area contributed by atoms with Crippen molar-refractivity contribution in [3.05, 3.63) is 0 Å². The standard InChI is InChI=1S/C15H29N3O/c1-15(2,7-8-16)6-5-14(19)18-11-10-17-9-3-4-13(17)12-18/h13H,3-12,16H2,1-2H3. The second-order valence-corrected chi connectivity index (χ2v) is 6.87. The highest BCUT2D eigenvalue weighted by Gasteiger charge is 2.32. The Hall–Kier alpha value is -0.610. The molecule has 1 atom stereocenters. The number of fused-ring (bicyclic) bond motifs is 1. The zero-order valence-corrected chi connectivity index (χ0v) is 12.5. The predicted octanol–water partition coefficient (Wildman–Crippen LogP) is 1.45. The van der Waals surface area contributed by atoms with Crippen molar-refractivity contribution in [1.82, 2.24) is 9.80 Å². The van der Waals surface area contributed by atoms with E-state index in [0.717, 1.165) is 32.5 Å². The molecule has 2 heterocycles. The Morgan fingerprint density at radius 2 is 2.05 bits per heavy atom. The van der Waals surface area contributed by atoms with Crippen molar-refractivity contribution < 1.29 is 4.79 Å². The van der Waals surface area contributed by atoms with Crippen LogP contribution in [0.3, 0.4) is 0 Å². The van der Waals surface area contributed by atoms with E-state index < -0.39 is 0 Å². The smallest absolute Gasteiger partial charge is 0.222 e. The molecule has 0 radical (unpaired) electrons. The Morgan fingerprint density at radius 3 is 2.79 bits per heavy atom. The van der Waals surface area contributed by atoms with E-state index in [1.54, 1.807) is 0 Å². The van der Waals surface area contributed by atoms with Crippen LogP contribution >= 0.6 is 0 Å². The summed E-state index contributed by atoms with van der Waals surface area (Å²) in [6, 6.07) is 0.634. The fraction of sp³-hybridized carbons (Fsp3) is 0.933. The molecule has 2 rings (SSSR count). The van der Waals surface area contributed by atoms with Crippen LogP contribution in [0.15, 0.2) is 0 Å². The van der Waals surface area contributed by atoms with Crippen LogP contribution in [-0.2, 0) is 4.79 Å². The van der Waals surface area contributed by atoms with Crippen LogP contribution in [0.2, 0.25) is 0 Å². The number of hydrogen-bond donors (Lipinski definition) is 1. The lowest BCUT2D eigenvalue weighted by atomic mass is 9.84. The molecule has 0 saturated carbocycles. The molecule has 0 aromatic rings. The summed E-state index contributed by atoms with van der Waals surface area (Å²) in [4.78, 5) is 16.9. The first kappa shape index (κ1) is 14.8. The molecule has 19 heavy (non-hydrogen) atoms. The molecule has 1 unspecified atom stereocenters. The minimum absolute atomic E-state index is 0.194. The van der Waals surface area contributed by atoms with E-state index in [4.69, 9.17) is 5.73 Å². The fourth-order valence-electron chi connectivity index (χ4n) is 3.34. The van der Waals surface area contributed by atoms with Gasteiger partial charge in [0.1, 0.15) is 0 Å². The number of rotatable bonds is 5. The zero-order chi connectivity index (χ0) is 13.9. The van der Waals surface area contributed by atoms with Crippen LogP contribution in [-0.4, -0.2) is 54.5 Å². The Kier molecular flexibility index (Phi) is 4.85. The van der Waals surface area contributed by atoms with Gasteiger partial charge < -0.3 is 10.6 Å². The van der Waals surface area contributed by atoms with Gasteiger partial charge >= 0.3 is 0 Å². The zero-order valence-electron chi connectivity index (χ0n) is 12.5. The van der Waals surface area contributed by atoms with Gasteiger partial charge in [0, 0.05) is 32.1 Å². The van der Waals surface area contributed by atoms with Crippen LogP contribution < -0.4 is 5.73 Å². The SMILES string of the molecule is CC(C)(CCN)CCC(=O)N1CCN2CCCC2C1. The quantitative estimate of drug-likeness (QED) is 0.820. The van der Waals surface area contributed by atoms with E-state index in [0.29, 0.717) is 24.9 Å². The maximum absolute atomic E-state index is 12.3. The van der Waals surface area contributed by atoms with Gasteiger partial charge in [0.25, 0.3) is 0 Å². The average molecular weight is 267 g/mol. The molecular weight excluding hydrogens is 238 g/mol. The largest absolute Gasteiger partial charge is 0.340 e. The van der Waals surface area contributed by atoms with Gasteiger partial charge in [0.05, 0.1) is 0 Å². The number of nitrogens with zero attached hydrogens (tertiary/aromatic N) is 2. The van der Waals surface area contributed by atoms with E-state index in [9.17, 15) is 4.79 Å². The fourth-order valence-corrected chi connectivity index (χ4v) is 3.34. The first-order valence-electron chi connectivity index (χ1n) is 7.74. The molecule has 2 aliphatic rings. The summed E-state index contributed by atoms with van der Waals surface area (Å²) >= 11 is 0. The highest BCUT2D eigenvalue weighted by molar-refractivity contribution is 5.76. The van der Waals surface area contributed by atoms with Crippen molar-refractivity contribution >= 4 is 5.91 Å². The summed E-state index contributed by atoms with van der Waals surface area (Å²) in [5.41, 5.74) is 5.82. The number of nitrogens with two attached hydrogens (primary N) is 1. The lowest BCUT2D eigenvalue weighted by Crippen LogP contribution is -2.52. The highest BCUT2D eigenvalue weighted by atomic mass is 16.2. The summed E-state index contributed by atoms with van der Waals surface area (Å²) in [6.07, 6.45) is 5.20. The number of amides is 1. The lowest BCUT2D eigenvalue weighted by Gasteiger charge is -2.38. The minimum Gasteiger partial charge on any atom is -0.340 e. The third kappa shape index (κ3) is 3.93.